The molecule has 0 saturated carbocycles. The van der Waals surface area contributed by atoms with Crippen LogP contribution >= 0.6 is 0 Å². The van der Waals surface area contributed by atoms with Crippen molar-refractivity contribution in [2.75, 3.05) is 6.54 Å². The van der Waals surface area contributed by atoms with Crippen molar-refractivity contribution in [2.24, 2.45) is 5.41 Å². The summed E-state index contributed by atoms with van der Waals surface area (Å²) in [6.07, 6.45) is 3.11. The van der Waals surface area contributed by atoms with E-state index in [2.05, 4.69) is 37.9 Å². The fraction of sp³-hybridized carbons (Fsp3) is 0.357. The lowest BCUT2D eigenvalue weighted by atomic mass is 9.90. The van der Waals surface area contributed by atoms with Crippen LogP contribution in [-0.4, -0.2) is 22.3 Å². The molecule has 0 bridgehead atoms. The van der Waals surface area contributed by atoms with E-state index in [0.29, 0.717) is 30.9 Å². The topological polar surface area (TPSA) is 42.4 Å². The van der Waals surface area contributed by atoms with Gasteiger partial charge in [-0.05, 0) is 77.4 Å². The summed E-state index contributed by atoms with van der Waals surface area (Å²) in [5.74, 6) is 0.473. The van der Waals surface area contributed by atoms with Crippen molar-refractivity contribution in [3.05, 3.63) is 82.9 Å². The van der Waals surface area contributed by atoms with Crippen LogP contribution in [-0.2, 0) is 24.4 Å². The molecule has 0 spiro atoms. The summed E-state index contributed by atoms with van der Waals surface area (Å²) in [7, 11) is 0. The first-order valence-corrected chi connectivity index (χ1v) is 11.4. The third kappa shape index (κ3) is 5.78. The van der Waals surface area contributed by atoms with Gasteiger partial charge in [0, 0.05) is 31.3 Å². The maximum absolute atomic E-state index is 14.2. The number of hydrogen-bond donors (Lipinski definition) is 0. The second-order valence-electron chi connectivity index (χ2n) is 10.0. The number of halogens is 1. The van der Waals surface area contributed by atoms with E-state index in [4.69, 9.17) is 4.74 Å². The van der Waals surface area contributed by atoms with E-state index in [1.807, 2.05) is 30.0 Å². The minimum absolute atomic E-state index is 0.0425. The maximum Gasteiger partial charge on any atom is 0.223 e. The average molecular weight is 447 g/mol. The first kappa shape index (κ1) is 23.0. The Balaban J connectivity index is 1.58. The van der Waals surface area contributed by atoms with Gasteiger partial charge in [-0.25, -0.2) is 4.39 Å². The first-order chi connectivity index (χ1) is 15.7. The Morgan fingerprint density at radius 2 is 1.91 bits per heavy atom. The number of amides is 1. The molecule has 3 aromatic rings. The second kappa shape index (κ2) is 9.34. The monoisotopic (exact) mass is 446 g/mol. The minimum atomic E-state index is -0.314. The molecule has 0 fully saturated rings. The van der Waals surface area contributed by atoms with Gasteiger partial charge in [-0.2, -0.15) is 0 Å². The predicted octanol–water partition coefficient (Wildman–Crippen LogP) is 6.10. The van der Waals surface area contributed by atoms with Gasteiger partial charge in [0.05, 0.1) is 5.69 Å². The smallest absolute Gasteiger partial charge is 0.223 e. The summed E-state index contributed by atoms with van der Waals surface area (Å²) >= 11 is 0. The van der Waals surface area contributed by atoms with Crippen molar-refractivity contribution in [3.63, 3.8) is 0 Å². The molecule has 0 N–H and O–H groups in total. The largest absolute Gasteiger partial charge is 0.487 e. The number of nitrogens with zero attached hydrogens (tertiary/aromatic N) is 2. The summed E-state index contributed by atoms with van der Waals surface area (Å²) in [6.45, 7) is 9.88. The van der Waals surface area contributed by atoms with Gasteiger partial charge < -0.3 is 9.64 Å². The number of carbonyl (C=O) groups excluding carboxylic acids is 1. The number of fused-ring (bicyclic) bond motifs is 1. The van der Waals surface area contributed by atoms with Crippen LogP contribution in [0.4, 0.5) is 4.39 Å². The van der Waals surface area contributed by atoms with Gasteiger partial charge >= 0.3 is 0 Å². The highest BCUT2D eigenvalue weighted by atomic mass is 19.1. The first-order valence-electron chi connectivity index (χ1n) is 11.4. The normalized spacial score (nSPS) is 13.5. The zero-order chi connectivity index (χ0) is 23.6. The zero-order valence-corrected chi connectivity index (χ0v) is 19.8. The van der Waals surface area contributed by atoms with Crippen molar-refractivity contribution in [1.29, 1.82) is 0 Å². The van der Waals surface area contributed by atoms with E-state index in [-0.39, 0.29) is 17.1 Å². The SMILES string of the molecule is Cc1ccnc(COc2ccc(F)cc2-c2ccc3c(c2)CN(C(=O)CC(C)(C)C)CC3)c1. The lowest BCUT2D eigenvalue weighted by Crippen LogP contribution is -2.37. The molecule has 0 saturated heterocycles. The van der Waals surface area contributed by atoms with E-state index in [9.17, 15) is 9.18 Å². The van der Waals surface area contributed by atoms with Crippen LogP contribution in [0, 0.1) is 18.2 Å². The molecule has 4 rings (SSSR count). The van der Waals surface area contributed by atoms with Gasteiger partial charge in [-0.1, -0.05) is 32.9 Å². The van der Waals surface area contributed by atoms with Crippen molar-refractivity contribution >= 4 is 5.91 Å². The van der Waals surface area contributed by atoms with Gasteiger partial charge in [0.1, 0.15) is 18.2 Å². The Bertz CT molecular complexity index is 1170. The number of carbonyl (C=O) groups is 1. The fourth-order valence-electron chi connectivity index (χ4n) is 4.19. The van der Waals surface area contributed by atoms with Crippen LogP contribution in [0.25, 0.3) is 11.1 Å². The summed E-state index contributed by atoms with van der Waals surface area (Å²) < 4.78 is 20.2. The van der Waals surface area contributed by atoms with Crippen LogP contribution in [0.3, 0.4) is 0 Å². The van der Waals surface area contributed by atoms with Crippen molar-refractivity contribution in [3.8, 4) is 16.9 Å². The zero-order valence-electron chi connectivity index (χ0n) is 19.8. The molecule has 0 unspecified atom stereocenters. The number of ether oxygens (including phenoxy) is 1. The van der Waals surface area contributed by atoms with Gasteiger partial charge in [0.2, 0.25) is 5.91 Å². The molecule has 1 aliphatic rings. The molecule has 0 aliphatic carbocycles. The fourth-order valence-corrected chi connectivity index (χ4v) is 4.19. The molecule has 0 radical (unpaired) electrons. The highest BCUT2D eigenvalue weighted by Crippen LogP contribution is 2.34. The molecule has 5 heteroatoms. The van der Waals surface area contributed by atoms with Crippen LogP contribution in [0.2, 0.25) is 0 Å². The summed E-state index contributed by atoms with van der Waals surface area (Å²) in [5, 5.41) is 0. The number of hydrogen-bond acceptors (Lipinski definition) is 3. The van der Waals surface area contributed by atoms with E-state index < -0.39 is 0 Å². The Morgan fingerprint density at radius 1 is 1.09 bits per heavy atom. The molecule has 1 aromatic heterocycles. The molecule has 2 aromatic carbocycles. The van der Waals surface area contributed by atoms with Gasteiger partial charge in [-0.15, -0.1) is 0 Å². The Morgan fingerprint density at radius 3 is 2.67 bits per heavy atom. The third-order valence-corrected chi connectivity index (χ3v) is 5.85. The van der Waals surface area contributed by atoms with E-state index in [1.54, 1.807) is 12.3 Å². The molecule has 2 heterocycles. The highest BCUT2D eigenvalue weighted by molar-refractivity contribution is 5.77. The van der Waals surface area contributed by atoms with Crippen LogP contribution in [0.1, 0.15) is 49.6 Å². The quantitative estimate of drug-likeness (QED) is 0.476. The molecule has 172 valence electrons. The Hall–Kier alpha value is -3.21. The van der Waals surface area contributed by atoms with E-state index in [0.717, 1.165) is 35.3 Å². The molecule has 4 nitrogen and oxygen atoms in total. The highest BCUT2D eigenvalue weighted by Gasteiger charge is 2.25. The number of benzene rings is 2. The number of rotatable bonds is 5. The van der Waals surface area contributed by atoms with Crippen LogP contribution in [0.5, 0.6) is 5.75 Å². The standard InChI is InChI=1S/C28H31FN2O2/c1-19-9-11-30-24(13-19)18-33-26-8-7-23(29)15-25(26)21-6-5-20-10-12-31(17-22(20)14-21)27(32)16-28(2,3)4/h5-9,11,13-15H,10,12,16-18H2,1-4H3. The molecular formula is C28H31FN2O2. The minimum Gasteiger partial charge on any atom is -0.487 e. The summed E-state index contributed by atoms with van der Waals surface area (Å²) in [5.41, 5.74) is 5.82. The van der Waals surface area contributed by atoms with Gasteiger partial charge in [0.15, 0.2) is 0 Å². The third-order valence-electron chi connectivity index (χ3n) is 5.85. The second-order valence-corrected chi connectivity index (χ2v) is 10.0. The molecule has 0 atom stereocenters. The van der Waals surface area contributed by atoms with Gasteiger partial charge in [0.25, 0.3) is 0 Å². The van der Waals surface area contributed by atoms with Gasteiger partial charge in [-0.3, -0.25) is 9.78 Å². The molecule has 33 heavy (non-hydrogen) atoms. The van der Waals surface area contributed by atoms with Crippen LogP contribution in [0.15, 0.2) is 54.7 Å². The Labute approximate surface area is 195 Å². The van der Waals surface area contributed by atoms with Crippen molar-refractivity contribution in [2.45, 2.75) is 53.7 Å². The number of pyridine rings is 1. The molecule has 1 aliphatic heterocycles. The lowest BCUT2D eigenvalue weighted by Gasteiger charge is -2.31. The predicted molar refractivity (Wildman–Crippen MR) is 128 cm³/mol. The average Bonchev–Trinajstić information content (AvgIpc) is 2.76. The van der Waals surface area contributed by atoms with Crippen molar-refractivity contribution in [1.82, 2.24) is 9.88 Å². The summed E-state index contributed by atoms with van der Waals surface area (Å²) in [6, 6.07) is 14.7. The molecule has 1 amide bonds. The van der Waals surface area contributed by atoms with Crippen LogP contribution < -0.4 is 4.74 Å². The van der Waals surface area contributed by atoms with E-state index >= 15 is 0 Å². The van der Waals surface area contributed by atoms with E-state index in [1.165, 1.54) is 17.7 Å². The lowest BCUT2D eigenvalue weighted by molar-refractivity contribution is -0.134. The summed E-state index contributed by atoms with van der Waals surface area (Å²) in [4.78, 5) is 19.1. The number of aryl methyl sites for hydroxylation is 1. The maximum atomic E-state index is 14.2. The van der Waals surface area contributed by atoms with Crippen molar-refractivity contribution < 1.29 is 13.9 Å². The number of aromatic nitrogens is 1. The Kier molecular flexibility index (Phi) is 6.50. The molecular weight excluding hydrogens is 415 g/mol.